The van der Waals surface area contributed by atoms with E-state index in [0.29, 0.717) is 0 Å². The van der Waals surface area contributed by atoms with Gasteiger partial charge in [-0.1, -0.05) is 0 Å². The fourth-order valence-corrected chi connectivity index (χ4v) is 2.01. The zero-order valence-electron chi connectivity index (χ0n) is 11.9. The Balaban J connectivity index is 2.16. The van der Waals surface area contributed by atoms with Gasteiger partial charge in [0.15, 0.2) is 23.5 Å². The lowest BCUT2D eigenvalue weighted by molar-refractivity contribution is -0.333. The molecule has 1 saturated heterocycles. The van der Waals surface area contributed by atoms with E-state index in [-0.39, 0.29) is 5.56 Å². The summed E-state index contributed by atoms with van der Waals surface area (Å²) < 4.78 is 14.6. The maximum Gasteiger partial charge on any atom is 0.340 e. The van der Waals surface area contributed by atoms with Crippen molar-refractivity contribution in [3.63, 3.8) is 0 Å². The number of carbonyl (C=O) groups is 1. The van der Waals surface area contributed by atoms with Gasteiger partial charge in [-0.2, -0.15) is 0 Å². The molecule has 2 rings (SSSR count). The highest BCUT2D eigenvalue weighted by Gasteiger charge is 2.46. The molecule has 1 aromatic rings. The highest BCUT2D eigenvalue weighted by Crippen LogP contribution is 2.35. The summed E-state index contributed by atoms with van der Waals surface area (Å²) in [7, 11) is 1.17. The van der Waals surface area contributed by atoms with E-state index in [1.807, 2.05) is 0 Å². The molecule has 128 valence electrons. The number of phenolic OH excluding ortho intramolecular Hbond substituents is 3. The minimum atomic E-state index is -1.75. The Kier molecular flexibility index (Phi) is 4.92. The molecule has 1 fully saturated rings. The van der Waals surface area contributed by atoms with Crippen LogP contribution in [0.2, 0.25) is 0 Å². The minimum Gasteiger partial charge on any atom is -0.504 e. The second-order valence-electron chi connectivity index (χ2n) is 4.85. The molecule has 10 heteroatoms. The van der Waals surface area contributed by atoms with Crippen molar-refractivity contribution in [3.05, 3.63) is 17.7 Å². The third-order valence-electron chi connectivity index (χ3n) is 3.29. The summed E-state index contributed by atoms with van der Waals surface area (Å²) in [6.07, 6.45) is -7.99. The van der Waals surface area contributed by atoms with Gasteiger partial charge < -0.3 is 44.8 Å². The number of aromatic hydroxyl groups is 3. The van der Waals surface area contributed by atoms with E-state index < -0.39 is 54.1 Å². The highest BCUT2D eigenvalue weighted by molar-refractivity contribution is 5.91. The Morgan fingerprint density at radius 3 is 2.04 bits per heavy atom. The monoisotopic (exact) mass is 332 g/mol. The van der Waals surface area contributed by atoms with E-state index in [2.05, 4.69) is 0 Å². The van der Waals surface area contributed by atoms with E-state index in [9.17, 15) is 35.4 Å². The summed E-state index contributed by atoms with van der Waals surface area (Å²) in [5.41, 5.74) is -0.344. The standard InChI is InChI=1S/C13H16O10/c1-21-12-9(18)8(17)10(19)13(23-12)22-11(20)4-2-5(14)7(16)6(15)3-4/h2-3,8-10,12-19H,1H3. The molecule has 5 atom stereocenters. The predicted molar refractivity (Wildman–Crippen MR) is 70.5 cm³/mol. The van der Waals surface area contributed by atoms with Crippen LogP contribution in [-0.2, 0) is 14.2 Å². The number of aliphatic hydroxyl groups excluding tert-OH is 3. The molecule has 0 aliphatic carbocycles. The van der Waals surface area contributed by atoms with Crippen LogP contribution in [0.25, 0.3) is 0 Å². The lowest BCUT2D eigenvalue weighted by atomic mass is 10.0. The first-order valence-corrected chi connectivity index (χ1v) is 6.44. The van der Waals surface area contributed by atoms with Gasteiger partial charge in [0, 0.05) is 7.11 Å². The van der Waals surface area contributed by atoms with Crippen LogP contribution in [-0.4, -0.2) is 74.6 Å². The fraction of sp³-hybridized carbons (Fsp3) is 0.462. The number of hydrogen-bond acceptors (Lipinski definition) is 10. The molecular weight excluding hydrogens is 316 g/mol. The van der Waals surface area contributed by atoms with Gasteiger partial charge >= 0.3 is 5.97 Å². The Labute approximate surface area is 129 Å². The van der Waals surface area contributed by atoms with Crippen LogP contribution in [0.3, 0.4) is 0 Å². The topological polar surface area (TPSA) is 166 Å². The molecule has 1 heterocycles. The first-order valence-electron chi connectivity index (χ1n) is 6.44. The van der Waals surface area contributed by atoms with Gasteiger partial charge in [0.1, 0.15) is 18.3 Å². The fourth-order valence-electron chi connectivity index (χ4n) is 2.01. The van der Waals surface area contributed by atoms with Gasteiger partial charge in [-0.3, -0.25) is 0 Å². The van der Waals surface area contributed by atoms with Crippen molar-refractivity contribution in [1.29, 1.82) is 0 Å². The number of carbonyl (C=O) groups excluding carboxylic acids is 1. The van der Waals surface area contributed by atoms with Crippen LogP contribution in [0.4, 0.5) is 0 Å². The zero-order chi connectivity index (χ0) is 17.3. The molecule has 0 aromatic heterocycles. The molecule has 1 aromatic carbocycles. The average molecular weight is 332 g/mol. The summed E-state index contributed by atoms with van der Waals surface area (Å²) in [5, 5.41) is 56.9. The Morgan fingerprint density at radius 2 is 1.52 bits per heavy atom. The van der Waals surface area contributed by atoms with Crippen molar-refractivity contribution >= 4 is 5.97 Å². The highest BCUT2D eigenvalue weighted by atomic mass is 16.8. The van der Waals surface area contributed by atoms with Gasteiger partial charge in [0.05, 0.1) is 5.56 Å². The van der Waals surface area contributed by atoms with E-state index in [4.69, 9.17) is 14.2 Å². The first kappa shape index (κ1) is 17.2. The second kappa shape index (κ2) is 6.56. The van der Waals surface area contributed by atoms with Crippen molar-refractivity contribution in [2.75, 3.05) is 7.11 Å². The summed E-state index contributed by atoms with van der Waals surface area (Å²) in [6, 6.07) is 1.65. The maximum absolute atomic E-state index is 12.0. The molecule has 10 nitrogen and oxygen atoms in total. The van der Waals surface area contributed by atoms with Crippen LogP contribution in [0.1, 0.15) is 10.4 Å². The molecule has 1 aliphatic heterocycles. The van der Waals surface area contributed by atoms with Crippen molar-refractivity contribution in [1.82, 2.24) is 0 Å². The van der Waals surface area contributed by atoms with Gasteiger partial charge in [-0.05, 0) is 12.1 Å². The SMILES string of the molecule is COC1OC(OC(=O)c2cc(O)c(O)c(O)c2)C(O)C(O)C1O. The maximum atomic E-state index is 12.0. The number of hydrogen-bond donors (Lipinski definition) is 6. The van der Waals surface area contributed by atoms with Crippen molar-refractivity contribution in [3.8, 4) is 17.2 Å². The number of aliphatic hydroxyl groups is 3. The van der Waals surface area contributed by atoms with Gasteiger partial charge in [-0.25, -0.2) is 4.79 Å². The van der Waals surface area contributed by atoms with Crippen LogP contribution in [0.15, 0.2) is 12.1 Å². The molecule has 5 unspecified atom stereocenters. The first-order chi connectivity index (χ1) is 10.8. The molecule has 1 aliphatic rings. The smallest absolute Gasteiger partial charge is 0.340 e. The Morgan fingerprint density at radius 1 is 1.00 bits per heavy atom. The van der Waals surface area contributed by atoms with E-state index in [1.54, 1.807) is 0 Å². The normalized spacial score (nSPS) is 30.9. The van der Waals surface area contributed by atoms with Crippen LogP contribution in [0.5, 0.6) is 17.2 Å². The quantitative estimate of drug-likeness (QED) is 0.279. The Hall–Kier alpha value is -2.11. The second-order valence-corrected chi connectivity index (χ2v) is 4.85. The third kappa shape index (κ3) is 3.30. The van der Waals surface area contributed by atoms with Crippen LogP contribution < -0.4 is 0 Å². The molecule has 6 N–H and O–H groups in total. The molecule has 0 spiro atoms. The van der Waals surface area contributed by atoms with E-state index >= 15 is 0 Å². The lowest BCUT2D eigenvalue weighted by Crippen LogP contribution is -2.59. The number of benzene rings is 1. The van der Waals surface area contributed by atoms with Gasteiger partial charge in [0.25, 0.3) is 0 Å². The number of esters is 1. The van der Waals surface area contributed by atoms with Crippen molar-refractivity contribution < 1.29 is 49.6 Å². The third-order valence-corrected chi connectivity index (χ3v) is 3.29. The van der Waals surface area contributed by atoms with Crippen molar-refractivity contribution in [2.24, 2.45) is 0 Å². The number of rotatable bonds is 3. The molecule has 23 heavy (non-hydrogen) atoms. The molecule has 0 bridgehead atoms. The molecule has 0 saturated carbocycles. The molecule has 0 radical (unpaired) electrons. The number of ether oxygens (including phenoxy) is 3. The van der Waals surface area contributed by atoms with E-state index in [1.165, 1.54) is 7.11 Å². The summed E-state index contributed by atoms with van der Waals surface area (Å²) in [6.45, 7) is 0. The number of methoxy groups -OCH3 is 1. The van der Waals surface area contributed by atoms with Crippen molar-refractivity contribution in [2.45, 2.75) is 30.9 Å². The lowest BCUT2D eigenvalue weighted by Gasteiger charge is -2.38. The zero-order valence-corrected chi connectivity index (χ0v) is 11.9. The average Bonchev–Trinajstić information content (AvgIpc) is 2.52. The summed E-state index contributed by atoms with van der Waals surface area (Å²) in [4.78, 5) is 12.0. The van der Waals surface area contributed by atoms with Crippen LogP contribution in [0, 0.1) is 0 Å². The molecule has 0 amide bonds. The minimum absolute atomic E-state index is 0.344. The largest absolute Gasteiger partial charge is 0.504 e. The molecular formula is C13H16O10. The number of phenols is 3. The van der Waals surface area contributed by atoms with Crippen LogP contribution >= 0.6 is 0 Å². The summed E-state index contributed by atoms with van der Waals surface area (Å²) >= 11 is 0. The van der Waals surface area contributed by atoms with Gasteiger partial charge in [0.2, 0.25) is 6.29 Å². The predicted octanol–water partition coefficient (Wildman–Crippen LogP) is -1.63. The van der Waals surface area contributed by atoms with E-state index in [0.717, 1.165) is 12.1 Å². The van der Waals surface area contributed by atoms with Gasteiger partial charge in [-0.15, -0.1) is 0 Å². The Bertz CT molecular complexity index is 563. The summed E-state index contributed by atoms with van der Waals surface area (Å²) in [5.74, 6) is -3.45.